The molecule has 0 spiro atoms. The van der Waals surface area contributed by atoms with Gasteiger partial charge in [0, 0.05) is 12.1 Å². The Morgan fingerprint density at radius 1 is 1.26 bits per heavy atom. The van der Waals surface area contributed by atoms with Crippen LogP contribution < -0.4 is 10.1 Å². The lowest BCUT2D eigenvalue weighted by Crippen LogP contribution is -2.52. The maximum Gasteiger partial charge on any atom is 0.234 e. The highest BCUT2D eigenvalue weighted by molar-refractivity contribution is 5.78. The van der Waals surface area contributed by atoms with Gasteiger partial charge in [0.05, 0.1) is 32.1 Å². The monoisotopic (exact) mass is 370 g/mol. The van der Waals surface area contributed by atoms with Gasteiger partial charge in [-0.25, -0.2) is 0 Å². The zero-order chi connectivity index (χ0) is 18.9. The second-order valence-electron chi connectivity index (χ2n) is 7.58. The number of hydrogen-bond acceptors (Lipinski definition) is 5. The number of fused-ring (bicyclic) bond motifs is 2. The first kappa shape index (κ1) is 18.1. The van der Waals surface area contributed by atoms with Crippen LogP contribution in [0.1, 0.15) is 37.0 Å². The van der Waals surface area contributed by atoms with Crippen LogP contribution in [0, 0.1) is 0 Å². The molecule has 6 nitrogen and oxygen atoms in total. The van der Waals surface area contributed by atoms with E-state index < -0.39 is 5.60 Å². The summed E-state index contributed by atoms with van der Waals surface area (Å²) in [7, 11) is 1.64. The Morgan fingerprint density at radius 2 is 1.96 bits per heavy atom. The second-order valence-corrected chi connectivity index (χ2v) is 7.58. The van der Waals surface area contributed by atoms with Crippen LogP contribution in [0.3, 0.4) is 0 Å². The maximum atomic E-state index is 12.4. The number of nitrogens with one attached hydrogen (secondary N) is 1. The van der Waals surface area contributed by atoms with E-state index in [1.54, 1.807) is 13.4 Å². The van der Waals surface area contributed by atoms with Crippen molar-refractivity contribution in [2.24, 2.45) is 0 Å². The Hall–Kier alpha value is -2.31. The zero-order valence-corrected chi connectivity index (χ0v) is 15.6. The molecule has 6 heteroatoms. The van der Waals surface area contributed by atoms with Gasteiger partial charge >= 0.3 is 0 Å². The summed E-state index contributed by atoms with van der Waals surface area (Å²) in [5.41, 5.74) is 0.0984. The molecule has 3 heterocycles. The Kier molecular flexibility index (Phi) is 4.93. The standard InChI is InChI=1S/C21H26N2O4/c1-26-18-8-4-15(5-9-18)21(25)11-16-6-7-17(12-21)23(16)14-20(24)22-13-19-3-2-10-27-19/h2-5,8-10,16-17,25H,6-7,11-14H2,1H3,(H,22,24). The fourth-order valence-corrected chi connectivity index (χ4v) is 4.53. The molecule has 0 aliphatic carbocycles. The Balaban J connectivity index is 1.38. The molecular formula is C21H26N2O4. The minimum atomic E-state index is -0.834. The molecule has 2 saturated heterocycles. The van der Waals surface area contributed by atoms with Crippen LogP contribution in [-0.2, 0) is 16.9 Å². The summed E-state index contributed by atoms with van der Waals surface area (Å²) in [6.07, 6.45) is 4.96. The van der Waals surface area contributed by atoms with Gasteiger partial charge in [-0.2, -0.15) is 0 Å². The van der Waals surface area contributed by atoms with Gasteiger partial charge in [0.1, 0.15) is 11.5 Å². The van der Waals surface area contributed by atoms with Gasteiger partial charge in [-0.05, 0) is 55.5 Å². The van der Waals surface area contributed by atoms with E-state index in [1.165, 1.54) is 0 Å². The number of nitrogens with zero attached hydrogens (tertiary/aromatic N) is 1. The fraction of sp³-hybridized carbons (Fsp3) is 0.476. The molecule has 144 valence electrons. The lowest BCUT2D eigenvalue weighted by molar-refractivity contribution is -0.126. The molecule has 2 aliphatic rings. The number of amides is 1. The van der Waals surface area contributed by atoms with Crippen LogP contribution in [0.5, 0.6) is 5.75 Å². The molecule has 1 amide bonds. The molecule has 4 rings (SSSR count). The third kappa shape index (κ3) is 3.73. The summed E-state index contributed by atoms with van der Waals surface area (Å²) in [6, 6.07) is 11.8. The van der Waals surface area contributed by atoms with Crippen molar-refractivity contribution in [3.8, 4) is 5.75 Å². The average molecular weight is 370 g/mol. The third-order valence-electron chi connectivity index (χ3n) is 5.91. The number of hydrogen-bond donors (Lipinski definition) is 2. The Morgan fingerprint density at radius 3 is 2.56 bits per heavy atom. The molecule has 27 heavy (non-hydrogen) atoms. The highest BCUT2D eigenvalue weighted by atomic mass is 16.5. The van der Waals surface area contributed by atoms with Crippen molar-refractivity contribution >= 4 is 5.91 Å². The van der Waals surface area contributed by atoms with Gasteiger partial charge < -0.3 is 19.6 Å². The SMILES string of the molecule is COc1ccc(C2(O)CC3CCC(C2)N3CC(=O)NCc2ccco2)cc1. The lowest BCUT2D eigenvalue weighted by Gasteiger charge is -2.43. The van der Waals surface area contributed by atoms with Gasteiger partial charge in [-0.1, -0.05) is 12.1 Å². The summed E-state index contributed by atoms with van der Waals surface area (Å²) < 4.78 is 10.5. The quantitative estimate of drug-likeness (QED) is 0.817. The van der Waals surface area contributed by atoms with Crippen LogP contribution in [0.15, 0.2) is 47.1 Å². The van der Waals surface area contributed by atoms with Crippen LogP contribution >= 0.6 is 0 Å². The molecule has 1 aromatic heterocycles. The van der Waals surface area contributed by atoms with Crippen molar-refractivity contribution in [3.05, 3.63) is 54.0 Å². The summed E-state index contributed by atoms with van der Waals surface area (Å²) >= 11 is 0. The van der Waals surface area contributed by atoms with Gasteiger partial charge in [-0.3, -0.25) is 9.69 Å². The van der Waals surface area contributed by atoms with Gasteiger partial charge in [0.25, 0.3) is 0 Å². The molecule has 2 atom stereocenters. The Bertz CT molecular complexity index is 758. The van der Waals surface area contributed by atoms with Crippen LogP contribution in [0.2, 0.25) is 0 Å². The largest absolute Gasteiger partial charge is 0.497 e. The van der Waals surface area contributed by atoms with Crippen LogP contribution in [0.25, 0.3) is 0 Å². The lowest BCUT2D eigenvalue weighted by atomic mass is 9.80. The highest BCUT2D eigenvalue weighted by Crippen LogP contribution is 2.45. The Labute approximate surface area is 159 Å². The number of furan rings is 1. The van der Waals surface area contributed by atoms with E-state index in [-0.39, 0.29) is 18.0 Å². The van der Waals surface area contributed by atoms with Gasteiger partial charge in [-0.15, -0.1) is 0 Å². The normalized spacial score (nSPS) is 27.5. The number of piperidine rings is 1. The summed E-state index contributed by atoms with van der Waals surface area (Å²) in [5, 5.41) is 14.2. The van der Waals surface area contributed by atoms with Crippen LogP contribution in [0.4, 0.5) is 0 Å². The topological polar surface area (TPSA) is 74.9 Å². The second kappa shape index (κ2) is 7.37. The molecular weight excluding hydrogens is 344 g/mol. The molecule has 2 unspecified atom stereocenters. The molecule has 2 aliphatic heterocycles. The number of rotatable bonds is 6. The van der Waals surface area contributed by atoms with E-state index >= 15 is 0 Å². The van der Waals surface area contributed by atoms with Crippen LogP contribution in [-0.4, -0.2) is 41.7 Å². The molecule has 2 aromatic rings. The number of carbonyl (C=O) groups excluding carboxylic acids is 1. The van der Waals surface area contributed by atoms with E-state index in [4.69, 9.17) is 9.15 Å². The number of ether oxygens (including phenoxy) is 1. The number of carbonyl (C=O) groups is 1. The van der Waals surface area contributed by atoms with E-state index in [2.05, 4.69) is 10.2 Å². The predicted octanol–water partition coefficient (Wildman–Crippen LogP) is 2.42. The molecule has 1 aromatic carbocycles. The predicted molar refractivity (Wildman–Crippen MR) is 100 cm³/mol. The zero-order valence-electron chi connectivity index (χ0n) is 15.6. The van der Waals surface area contributed by atoms with Crippen molar-refractivity contribution < 1.29 is 19.1 Å². The first-order valence-electron chi connectivity index (χ1n) is 9.49. The van der Waals surface area contributed by atoms with E-state index in [0.29, 0.717) is 25.9 Å². The average Bonchev–Trinajstić information content (AvgIpc) is 3.27. The third-order valence-corrected chi connectivity index (χ3v) is 5.91. The van der Waals surface area contributed by atoms with E-state index in [1.807, 2.05) is 36.4 Å². The molecule has 2 fully saturated rings. The van der Waals surface area contributed by atoms with Crippen molar-refractivity contribution in [2.75, 3.05) is 13.7 Å². The van der Waals surface area contributed by atoms with Gasteiger partial charge in [0.15, 0.2) is 0 Å². The van der Waals surface area contributed by atoms with E-state index in [9.17, 15) is 9.90 Å². The van der Waals surface area contributed by atoms with Crippen molar-refractivity contribution in [2.45, 2.75) is 49.9 Å². The van der Waals surface area contributed by atoms with Crippen molar-refractivity contribution in [1.82, 2.24) is 10.2 Å². The number of methoxy groups -OCH3 is 1. The van der Waals surface area contributed by atoms with E-state index in [0.717, 1.165) is 29.9 Å². The molecule has 0 radical (unpaired) electrons. The first-order valence-corrected chi connectivity index (χ1v) is 9.49. The highest BCUT2D eigenvalue weighted by Gasteiger charge is 2.48. The smallest absolute Gasteiger partial charge is 0.234 e. The fourth-order valence-electron chi connectivity index (χ4n) is 4.53. The number of benzene rings is 1. The van der Waals surface area contributed by atoms with Gasteiger partial charge in [0.2, 0.25) is 5.91 Å². The first-order chi connectivity index (χ1) is 13.1. The summed E-state index contributed by atoms with van der Waals surface area (Å²) in [4.78, 5) is 14.6. The molecule has 2 bridgehead atoms. The summed E-state index contributed by atoms with van der Waals surface area (Å²) in [5.74, 6) is 1.54. The van der Waals surface area contributed by atoms with Crippen molar-refractivity contribution in [3.63, 3.8) is 0 Å². The molecule has 2 N–H and O–H groups in total. The minimum absolute atomic E-state index is 0.00168. The maximum absolute atomic E-state index is 12.4. The molecule has 0 saturated carbocycles. The number of aliphatic hydroxyl groups is 1. The summed E-state index contributed by atoms with van der Waals surface area (Å²) in [6.45, 7) is 0.777. The van der Waals surface area contributed by atoms with Crippen molar-refractivity contribution in [1.29, 1.82) is 0 Å². The minimum Gasteiger partial charge on any atom is -0.497 e.